The zero-order valence-electron chi connectivity index (χ0n) is 14.0. The van der Waals surface area contributed by atoms with Crippen molar-refractivity contribution in [1.82, 2.24) is 5.32 Å². The van der Waals surface area contributed by atoms with Gasteiger partial charge in [-0.1, -0.05) is 6.07 Å². The number of carbonyl (C=O) groups excluding carboxylic acids is 2. The summed E-state index contributed by atoms with van der Waals surface area (Å²) in [7, 11) is 0. The molecule has 0 radical (unpaired) electrons. The van der Waals surface area contributed by atoms with Crippen molar-refractivity contribution in [1.29, 1.82) is 0 Å². The van der Waals surface area contributed by atoms with Gasteiger partial charge in [-0.25, -0.2) is 0 Å². The fourth-order valence-electron chi connectivity index (χ4n) is 1.96. The van der Waals surface area contributed by atoms with E-state index in [0.29, 0.717) is 25.5 Å². The van der Waals surface area contributed by atoms with Crippen LogP contribution in [-0.2, 0) is 20.7 Å². The molecule has 0 spiro atoms. The van der Waals surface area contributed by atoms with Crippen molar-refractivity contribution in [2.45, 2.75) is 13.3 Å². The third-order valence-electron chi connectivity index (χ3n) is 3.09. The zero-order chi connectivity index (χ0) is 17.9. The maximum Gasteiger partial charge on any atom is 0.311 e. The number of benzene rings is 1. The number of esters is 1. The number of hydrogen-bond acceptors (Lipinski definition) is 6. The van der Waals surface area contributed by atoms with Gasteiger partial charge in [0.15, 0.2) is 6.61 Å². The van der Waals surface area contributed by atoms with Crippen molar-refractivity contribution < 1.29 is 23.8 Å². The highest BCUT2D eigenvalue weighted by Crippen LogP contribution is 2.17. The summed E-state index contributed by atoms with van der Waals surface area (Å²) in [6.45, 7) is 2.90. The van der Waals surface area contributed by atoms with Crippen LogP contribution in [-0.4, -0.2) is 38.2 Å². The molecule has 0 atom stereocenters. The van der Waals surface area contributed by atoms with E-state index in [2.05, 4.69) is 5.32 Å². The fraction of sp³-hybridized carbons (Fsp3) is 0.333. The number of amides is 1. The summed E-state index contributed by atoms with van der Waals surface area (Å²) in [6, 6.07) is 11.0. The molecule has 1 aromatic carbocycles. The van der Waals surface area contributed by atoms with Gasteiger partial charge in [0, 0.05) is 4.88 Å². The Bertz CT molecular complexity index is 655. The van der Waals surface area contributed by atoms with Gasteiger partial charge in [-0.3, -0.25) is 9.59 Å². The minimum atomic E-state index is -0.414. The van der Waals surface area contributed by atoms with E-state index in [0.717, 1.165) is 10.6 Å². The van der Waals surface area contributed by atoms with E-state index in [1.807, 2.05) is 36.6 Å². The third kappa shape index (κ3) is 7.26. The molecule has 1 N–H and O–H groups in total. The molecule has 0 fully saturated rings. The average Bonchev–Trinajstić information content (AvgIpc) is 3.11. The highest BCUT2D eigenvalue weighted by atomic mass is 32.1. The summed E-state index contributed by atoms with van der Waals surface area (Å²) in [5.74, 6) is 0.714. The van der Waals surface area contributed by atoms with Crippen LogP contribution in [0.3, 0.4) is 0 Å². The lowest BCUT2D eigenvalue weighted by Crippen LogP contribution is -2.32. The Balaban J connectivity index is 1.56. The molecular formula is C18H21NO5S. The Hall–Kier alpha value is -2.54. The highest BCUT2D eigenvalue weighted by Gasteiger charge is 2.08. The van der Waals surface area contributed by atoms with Crippen molar-refractivity contribution in [3.8, 4) is 11.5 Å². The summed E-state index contributed by atoms with van der Waals surface area (Å²) in [4.78, 5) is 24.1. The Morgan fingerprint density at radius 2 is 1.80 bits per heavy atom. The monoisotopic (exact) mass is 363 g/mol. The number of carbonyl (C=O) groups is 2. The maximum absolute atomic E-state index is 11.6. The lowest BCUT2D eigenvalue weighted by atomic mass is 10.3. The summed E-state index contributed by atoms with van der Waals surface area (Å²) in [5.41, 5.74) is 0. The molecule has 1 aromatic heterocycles. The Labute approximate surface area is 150 Å². The van der Waals surface area contributed by atoms with Crippen molar-refractivity contribution >= 4 is 23.2 Å². The van der Waals surface area contributed by atoms with Crippen LogP contribution in [0, 0.1) is 0 Å². The minimum absolute atomic E-state index is 0.186. The lowest BCUT2D eigenvalue weighted by Gasteiger charge is -2.09. The van der Waals surface area contributed by atoms with Gasteiger partial charge in [0.2, 0.25) is 0 Å². The molecule has 6 nitrogen and oxygen atoms in total. The summed E-state index contributed by atoms with van der Waals surface area (Å²) in [5, 5.41) is 4.52. The molecule has 0 saturated carbocycles. The molecule has 2 aromatic rings. The summed E-state index contributed by atoms with van der Waals surface area (Å²) >= 11 is 1.48. The maximum atomic E-state index is 11.6. The van der Waals surface area contributed by atoms with Crippen LogP contribution in [0.4, 0.5) is 0 Å². The Kier molecular flexibility index (Phi) is 7.78. The minimum Gasteiger partial charge on any atom is -0.494 e. The zero-order valence-corrected chi connectivity index (χ0v) is 14.8. The largest absolute Gasteiger partial charge is 0.494 e. The van der Waals surface area contributed by atoms with Crippen LogP contribution >= 0.6 is 11.3 Å². The predicted octanol–water partition coefficient (Wildman–Crippen LogP) is 2.43. The number of hydrogen-bond donors (Lipinski definition) is 1. The molecule has 134 valence electrons. The first-order valence-electron chi connectivity index (χ1n) is 7.97. The summed E-state index contributed by atoms with van der Waals surface area (Å²) < 4.78 is 15.8. The van der Waals surface area contributed by atoms with Gasteiger partial charge in [-0.05, 0) is 42.6 Å². The van der Waals surface area contributed by atoms with Gasteiger partial charge in [0.1, 0.15) is 18.1 Å². The molecule has 0 aliphatic carbocycles. The number of ether oxygens (including phenoxy) is 3. The van der Waals surface area contributed by atoms with E-state index in [4.69, 9.17) is 14.2 Å². The predicted molar refractivity (Wildman–Crippen MR) is 95.1 cm³/mol. The SMILES string of the molecule is CCOc1ccc(OCCNC(=O)COC(=O)Cc2cccs2)cc1. The molecule has 7 heteroatoms. The van der Waals surface area contributed by atoms with Crippen molar-refractivity contribution in [3.63, 3.8) is 0 Å². The first kappa shape index (κ1) is 18.8. The van der Waals surface area contributed by atoms with Gasteiger partial charge in [-0.15, -0.1) is 11.3 Å². The van der Waals surface area contributed by atoms with Crippen molar-refractivity contribution in [3.05, 3.63) is 46.7 Å². The van der Waals surface area contributed by atoms with Gasteiger partial charge >= 0.3 is 5.97 Å². The van der Waals surface area contributed by atoms with Crippen LogP contribution in [0.15, 0.2) is 41.8 Å². The second kappa shape index (κ2) is 10.4. The molecule has 2 rings (SSSR count). The lowest BCUT2D eigenvalue weighted by molar-refractivity contribution is -0.147. The van der Waals surface area contributed by atoms with Crippen LogP contribution in [0.2, 0.25) is 0 Å². The van der Waals surface area contributed by atoms with E-state index in [9.17, 15) is 9.59 Å². The molecule has 0 bridgehead atoms. The van der Waals surface area contributed by atoms with E-state index in [1.54, 1.807) is 12.1 Å². The molecular weight excluding hydrogens is 342 g/mol. The molecule has 0 aliphatic rings. The molecule has 1 amide bonds. The Morgan fingerprint density at radius 3 is 2.44 bits per heavy atom. The first-order chi connectivity index (χ1) is 12.2. The molecule has 0 saturated heterocycles. The van der Waals surface area contributed by atoms with Crippen LogP contribution in [0.25, 0.3) is 0 Å². The highest BCUT2D eigenvalue weighted by molar-refractivity contribution is 7.10. The molecule has 1 heterocycles. The second-order valence-corrected chi connectivity index (χ2v) is 6.05. The summed E-state index contributed by atoms with van der Waals surface area (Å²) in [6.07, 6.45) is 0.186. The normalized spacial score (nSPS) is 10.1. The molecule has 0 aliphatic heterocycles. The Morgan fingerprint density at radius 1 is 1.08 bits per heavy atom. The standard InChI is InChI=1S/C18H21NO5S/c1-2-22-14-5-7-15(8-6-14)23-10-9-19-17(20)13-24-18(21)12-16-4-3-11-25-16/h3-8,11H,2,9-10,12-13H2,1H3,(H,19,20). The molecule has 25 heavy (non-hydrogen) atoms. The van der Waals surface area contributed by atoms with E-state index < -0.39 is 5.97 Å². The van der Waals surface area contributed by atoms with Crippen molar-refractivity contribution in [2.75, 3.05) is 26.4 Å². The van der Waals surface area contributed by atoms with E-state index in [-0.39, 0.29) is 18.9 Å². The molecule has 0 unspecified atom stereocenters. The fourth-order valence-corrected chi connectivity index (χ4v) is 2.65. The topological polar surface area (TPSA) is 73.9 Å². The van der Waals surface area contributed by atoms with Gasteiger partial charge in [-0.2, -0.15) is 0 Å². The van der Waals surface area contributed by atoms with Crippen molar-refractivity contribution in [2.24, 2.45) is 0 Å². The number of thiophene rings is 1. The van der Waals surface area contributed by atoms with Gasteiger partial charge in [0.05, 0.1) is 19.6 Å². The van der Waals surface area contributed by atoms with E-state index in [1.165, 1.54) is 11.3 Å². The third-order valence-corrected chi connectivity index (χ3v) is 3.97. The van der Waals surface area contributed by atoms with Crippen LogP contribution < -0.4 is 14.8 Å². The second-order valence-electron chi connectivity index (χ2n) is 5.02. The van der Waals surface area contributed by atoms with Crippen LogP contribution in [0.1, 0.15) is 11.8 Å². The quantitative estimate of drug-likeness (QED) is 0.518. The van der Waals surface area contributed by atoms with Gasteiger partial charge < -0.3 is 19.5 Å². The van der Waals surface area contributed by atoms with Crippen LogP contribution in [0.5, 0.6) is 11.5 Å². The average molecular weight is 363 g/mol. The van der Waals surface area contributed by atoms with Gasteiger partial charge in [0.25, 0.3) is 5.91 Å². The first-order valence-corrected chi connectivity index (χ1v) is 8.85. The van der Waals surface area contributed by atoms with E-state index >= 15 is 0 Å². The smallest absolute Gasteiger partial charge is 0.311 e. The number of rotatable bonds is 10. The number of nitrogens with one attached hydrogen (secondary N) is 1.